The molecule has 1 nitrogen and oxygen atoms in total. The van der Waals surface area contributed by atoms with E-state index >= 15 is 0 Å². The summed E-state index contributed by atoms with van der Waals surface area (Å²) in [4.78, 5) is 0. The third-order valence-corrected chi connectivity index (χ3v) is 5.13. The van der Waals surface area contributed by atoms with Gasteiger partial charge in [-0.05, 0) is 43.1 Å². The van der Waals surface area contributed by atoms with Crippen molar-refractivity contribution in [2.45, 2.75) is 73.4 Å². The molecule has 1 unspecified atom stereocenters. The Labute approximate surface area is 188 Å². The van der Waals surface area contributed by atoms with Crippen molar-refractivity contribution in [2.75, 3.05) is 0 Å². The third kappa shape index (κ3) is 5.72. The molecule has 0 bridgehead atoms. The van der Waals surface area contributed by atoms with E-state index in [9.17, 15) is 0 Å². The molecule has 0 aliphatic heterocycles. The molecule has 0 heterocycles. The number of halogens is 2. The van der Waals surface area contributed by atoms with Crippen LogP contribution in [0.4, 0.5) is 0 Å². The fourth-order valence-corrected chi connectivity index (χ4v) is 3.95. The van der Waals surface area contributed by atoms with E-state index < -0.39 is 0 Å². The Morgan fingerprint density at radius 2 is 1.35 bits per heavy atom. The van der Waals surface area contributed by atoms with Crippen LogP contribution in [0, 0.1) is 5.92 Å². The van der Waals surface area contributed by atoms with Crippen molar-refractivity contribution in [2.24, 2.45) is 5.92 Å². The van der Waals surface area contributed by atoms with Crippen molar-refractivity contribution in [3.63, 3.8) is 0 Å². The Morgan fingerprint density at radius 1 is 0.846 bits per heavy atom. The largest absolute Gasteiger partial charge is 3.00 e. The first-order valence-electron chi connectivity index (χ1n) is 8.68. The van der Waals surface area contributed by atoms with Crippen LogP contribution < -0.4 is 24.8 Å². The van der Waals surface area contributed by atoms with Gasteiger partial charge in [0.1, 0.15) is 0 Å². The van der Waals surface area contributed by atoms with Crippen molar-refractivity contribution < 1.29 is 46.5 Å². The average Bonchev–Trinajstić information content (AvgIpc) is 2.60. The zero-order valence-corrected chi connectivity index (χ0v) is 20.7. The maximum absolute atomic E-state index is 5.10. The molecular formula is C22H32Cl2NTi. The number of rotatable bonds is 3. The van der Waals surface area contributed by atoms with E-state index in [1.807, 2.05) is 0 Å². The zero-order valence-electron chi connectivity index (χ0n) is 17.6. The molecule has 4 heteroatoms. The van der Waals surface area contributed by atoms with Gasteiger partial charge < -0.3 is 30.1 Å². The normalized spacial score (nSPS) is 17.5. The summed E-state index contributed by atoms with van der Waals surface area (Å²) in [5.74, 6) is 0.488. The van der Waals surface area contributed by atoms with Crippen LogP contribution in [0.15, 0.2) is 41.0 Å². The quantitative estimate of drug-likeness (QED) is 0.634. The Bertz CT molecular complexity index is 682. The van der Waals surface area contributed by atoms with Crippen LogP contribution >= 0.6 is 0 Å². The summed E-state index contributed by atoms with van der Waals surface area (Å²) in [5.41, 5.74) is 8.32. The minimum Gasteiger partial charge on any atom is -1.00 e. The van der Waals surface area contributed by atoms with Gasteiger partial charge in [-0.1, -0.05) is 76.9 Å². The maximum atomic E-state index is 5.10. The molecular weight excluding hydrogens is 397 g/mol. The van der Waals surface area contributed by atoms with Crippen LogP contribution in [0.25, 0.3) is 10.9 Å². The van der Waals surface area contributed by atoms with Crippen molar-refractivity contribution in [3.8, 4) is 0 Å². The zero-order chi connectivity index (χ0) is 17.6. The van der Waals surface area contributed by atoms with E-state index in [4.69, 9.17) is 5.32 Å². The maximum Gasteiger partial charge on any atom is 3.00 e. The first kappa shape index (κ1) is 28.2. The standard InChI is InChI=1S/C22H32N.2ClH.Ti/c1-14-15(2)17(4)20(16(14)3)18-12-10-11-13-19(18)22(8,9)23-21(5,6)7;;;/h10-13,16H,1-9H3;2*1H;/q-1;;;+3/p-2. The first-order valence-corrected chi connectivity index (χ1v) is 8.68. The Kier molecular flexibility index (Phi) is 10.8. The van der Waals surface area contributed by atoms with Crippen molar-refractivity contribution >= 4 is 5.57 Å². The van der Waals surface area contributed by atoms with E-state index in [0.717, 1.165) is 0 Å². The predicted octanol–water partition coefficient (Wildman–Crippen LogP) is 0.859. The van der Waals surface area contributed by atoms with Gasteiger partial charge in [-0.2, -0.15) is 0 Å². The molecule has 0 spiro atoms. The minimum atomic E-state index is -0.202. The third-order valence-electron chi connectivity index (χ3n) is 5.13. The van der Waals surface area contributed by atoms with Gasteiger partial charge >= 0.3 is 21.7 Å². The van der Waals surface area contributed by atoms with Gasteiger partial charge in [-0.15, -0.1) is 11.1 Å². The summed E-state index contributed by atoms with van der Waals surface area (Å²) in [6, 6.07) is 8.82. The number of nitrogens with zero attached hydrogens (tertiary/aromatic N) is 1. The van der Waals surface area contributed by atoms with E-state index in [0.29, 0.717) is 5.92 Å². The summed E-state index contributed by atoms with van der Waals surface area (Å²) in [7, 11) is 0. The second-order valence-electron chi connectivity index (χ2n) is 8.46. The molecule has 1 aromatic carbocycles. The van der Waals surface area contributed by atoms with Gasteiger partial charge in [0.2, 0.25) is 0 Å². The van der Waals surface area contributed by atoms with E-state index in [1.54, 1.807) is 0 Å². The fourth-order valence-electron chi connectivity index (χ4n) is 3.95. The van der Waals surface area contributed by atoms with Gasteiger partial charge in [0.25, 0.3) is 0 Å². The topological polar surface area (TPSA) is 14.1 Å². The molecule has 1 radical (unpaired) electrons. The summed E-state index contributed by atoms with van der Waals surface area (Å²) in [6.45, 7) is 20.1. The summed E-state index contributed by atoms with van der Waals surface area (Å²) >= 11 is 0. The SMILES string of the molecule is CC1=C(C)C(C)C(c2ccccc2C(C)(C)[N-]C(C)(C)C)=C1C.[Cl-].[Cl-].[Ti+3]. The smallest absolute Gasteiger partial charge is 1.00 e. The number of hydrogen-bond donors (Lipinski definition) is 0. The van der Waals surface area contributed by atoms with Crippen molar-refractivity contribution in [1.29, 1.82) is 0 Å². The van der Waals surface area contributed by atoms with Crippen LogP contribution in [0.3, 0.4) is 0 Å². The van der Waals surface area contributed by atoms with Gasteiger partial charge in [0.15, 0.2) is 0 Å². The molecule has 0 fully saturated rings. The Morgan fingerprint density at radius 3 is 1.77 bits per heavy atom. The van der Waals surface area contributed by atoms with Gasteiger partial charge in [0.05, 0.1) is 0 Å². The molecule has 1 aliphatic carbocycles. The van der Waals surface area contributed by atoms with E-state index in [2.05, 4.69) is 86.6 Å². The van der Waals surface area contributed by atoms with Crippen molar-refractivity contribution in [1.82, 2.24) is 0 Å². The van der Waals surface area contributed by atoms with Crippen LogP contribution in [0.1, 0.15) is 73.4 Å². The fraction of sp³-hybridized carbons (Fsp3) is 0.545. The van der Waals surface area contributed by atoms with Gasteiger partial charge in [-0.3, -0.25) is 0 Å². The molecule has 1 aliphatic rings. The molecule has 0 saturated heterocycles. The second kappa shape index (κ2) is 9.94. The second-order valence-corrected chi connectivity index (χ2v) is 8.46. The Balaban J connectivity index is 0. The van der Waals surface area contributed by atoms with Crippen molar-refractivity contribution in [3.05, 3.63) is 57.4 Å². The van der Waals surface area contributed by atoms with E-state index in [-0.39, 0.29) is 57.6 Å². The molecule has 0 saturated carbocycles. The molecule has 1 aromatic rings. The van der Waals surface area contributed by atoms with Crippen LogP contribution in [-0.4, -0.2) is 5.54 Å². The van der Waals surface area contributed by atoms with Crippen LogP contribution in [-0.2, 0) is 27.3 Å². The van der Waals surface area contributed by atoms with Crippen LogP contribution in [0.2, 0.25) is 0 Å². The van der Waals surface area contributed by atoms with E-state index in [1.165, 1.54) is 33.4 Å². The number of benzene rings is 1. The summed E-state index contributed by atoms with van der Waals surface area (Å²) in [6.07, 6.45) is 0. The summed E-state index contributed by atoms with van der Waals surface area (Å²) in [5, 5.41) is 5.10. The molecule has 26 heavy (non-hydrogen) atoms. The number of allylic oxidation sites excluding steroid dienone is 4. The molecule has 1 atom stereocenters. The molecule has 2 rings (SSSR count). The molecule has 143 valence electrons. The molecule has 0 N–H and O–H groups in total. The minimum absolute atomic E-state index is 0. The predicted molar refractivity (Wildman–Crippen MR) is 103 cm³/mol. The Hall–Kier alpha value is -0.0457. The van der Waals surface area contributed by atoms with Gasteiger partial charge in [-0.25, -0.2) is 0 Å². The average molecular weight is 429 g/mol. The van der Waals surface area contributed by atoms with Crippen LogP contribution in [0.5, 0.6) is 0 Å². The number of hydrogen-bond acceptors (Lipinski definition) is 0. The van der Waals surface area contributed by atoms with Gasteiger partial charge in [0, 0.05) is 5.92 Å². The molecule has 0 aromatic heterocycles. The first-order chi connectivity index (χ1) is 10.5. The molecule has 0 amide bonds. The monoisotopic (exact) mass is 428 g/mol. The summed E-state index contributed by atoms with van der Waals surface area (Å²) < 4.78 is 0.